The molecule has 0 spiro atoms. The van der Waals surface area contributed by atoms with Gasteiger partial charge in [-0.05, 0) is 29.8 Å². The van der Waals surface area contributed by atoms with Gasteiger partial charge in [-0.1, -0.05) is 44.2 Å². The van der Waals surface area contributed by atoms with Crippen molar-refractivity contribution in [2.75, 3.05) is 13.2 Å². The lowest BCUT2D eigenvalue weighted by molar-refractivity contribution is 0.217. The lowest BCUT2D eigenvalue weighted by Gasteiger charge is -2.11. The summed E-state index contributed by atoms with van der Waals surface area (Å²) in [6, 6.07) is 18.3. The van der Waals surface area contributed by atoms with Crippen molar-refractivity contribution in [2.45, 2.75) is 28.9 Å². The van der Waals surface area contributed by atoms with Crippen LogP contribution < -0.4 is 9.47 Å². The van der Waals surface area contributed by atoms with E-state index in [0.717, 1.165) is 22.0 Å². The van der Waals surface area contributed by atoms with Crippen LogP contribution in [0.5, 0.6) is 11.5 Å². The minimum absolute atomic E-state index is 0.551. The van der Waals surface area contributed by atoms with Crippen molar-refractivity contribution < 1.29 is 9.47 Å². The molecule has 3 rings (SSSR count). The normalized spacial score (nSPS) is 23.7. The average Bonchev–Trinajstić information content (AvgIpc) is 2.92. The zero-order valence-corrected chi connectivity index (χ0v) is 15.1. The first-order chi connectivity index (χ1) is 11.2. The van der Waals surface area contributed by atoms with E-state index < -0.39 is 0 Å². The van der Waals surface area contributed by atoms with E-state index in [1.807, 2.05) is 30.3 Å². The number of rotatable bonds is 6. The largest absolute Gasteiger partial charge is 0.490 e. The Labute approximate surface area is 147 Å². The molecule has 1 aliphatic heterocycles. The molecule has 4 heteroatoms. The number of benzene rings is 2. The van der Waals surface area contributed by atoms with Crippen molar-refractivity contribution in [1.82, 2.24) is 0 Å². The summed E-state index contributed by atoms with van der Waals surface area (Å²) in [4.78, 5) is 0. The van der Waals surface area contributed by atoms with E-state index in [2.05, 4.69) is 61.6 Å². The molecule has 0 saturated carbocycles. The van der Waals surface area contributed by atoms with Crippen molar-refractivity contribution >= 4 is 23.5 Å². The first-order valence-electron chi connectivity index (χ1n) is 7.94. The zero-order valence-electron chi connectivity index (χ0n) is 13.5. The molecule has 0 N–H and O–H groups in total. The van der Waals surface area contributed by atoms with Gasteiger partial charge in [0.15, 0.2) is 0 Å². The Hall–Kier alpha value is -1.26. The van der Waals surface area contributed by atoms with E-state index in [0.29, 0.717) is 17.8 Å². The van der Waals surface area contributed by atoms with Crippen LogP contribution in [0.25, 0.3) is 0 Å². The molecule has 0 aliphatic carbocycles. The van der Waals surface area contributed by atoms with Gasteiger partial charge in [0.1, 0.15) is 24.7 Å². The summed E-state index contributed by atoms with van der Waals surface area (Å²) in [7, 11) is 0. The van der Waals surface area contributed by atoms with Gasteiger partial charge >= 0.3 is 0 Å². The topological polar surface area (TPSA) is 18.5 Å². The molecule has 2 unspecified atom stereocenters. The number of para-hydroxylation sites is 1. The monoisotopic (exact) mass is 346 g/mol. The number of thioether (sulfide) groups is 2. The summed E-state index contributed by atoms with van der Waals surface area (Å²) in [6.45, 7) is 5.73. The van der Waals surface area contributed by atoms with E-state index in [1.54, 1.807) is 0 Å². The second-order valence-corrected chi connectivity index (χ2v) is 8.87. The van der Waals surface area contributed by atoms with Crippen LogP contribution >= 0.6 is 23.5 Å². The van der Waals surface area contributed by atoms with Crippen LogP contribution in [0.3, 0.4) is 0 Å². The molecule has 23 heavy (non-hydrogen) atoms. The maximum Gasteiger partial charge on any atom is 0.122 e. The Balaban J connectivity index is 1.45. The summed E-state index contributed by atoms with van der Waals surface area (Å²) in [6.07, 6.45) is 0. The molecule has 2 aromatic carbocycles. The smallest absolute Gasteiger partial charge is 0.122 e. The van der Waals surface area contributed by atoms with Crippen molar-refractivity contribution in [3.63, 3.8) is 0 Å². The fraction of sp³-hybridized carbons (Fsp3) is 0.368. The molecule has 122 valence electrons. The SMILES string of the molecule is CC1SC(c2ccc(OCCOc3ccccc3)cc2)SC1C. The maximum absolute atomic E-state index is 5.75. The molecule has 1 aliphatic rings. The van der Waals surface area contributed by atoms with Gasteiger partial charge in [0.05, 0.1) is 4.58 Å². The summed E-state index contributed by atoms with van der Waals surface area (Å²) in [5, 5.41) is 1.44. The maximum atomic E-state index is 5.75. The molecule has 1 fully saturated rings. The van der Waals surface area contributed by atoms with Gasteiger partial charge in [-0.15, -0.1) is 23.5 Å². The molecule has 0 bridgehead atoms. The van der Waals surface area contributed by atoms with E-state index >= 15 is 0 Å². The Morgan fingerprint density at radius 2 is 1.26 bits per heavy atom. The van der Waals surface area contributed by atoms with Crippen LogP contribution in [0.1, 0.15) is 24.0 Å². The predicted octanol–water partition coefficient (Wildman–Crippen LogP) is 5.40. The third kappa shape index (κ3) is 4.61. The third-order valence-corrected chi connectivity index (χ3v) is 7.41. The lowest BCUT2D eigenvalue weighted by Crippen LogP contribution is -2.08. The van der Waals surface area contributed by atoms with Crippen LogP contribution in [-0.4, -0.2) is 23.7 Å². The van der Waals surface area contributed by atoms with Crippen molar-refractivity contribution in [1.29, 1.82) is 0 Å². The van der Waals surface area contributed by atoms with Gasteiger partial charge < -0.3 is 9.47 Å². The van der Waals surface area contributed by atoms with Crippen LogP contribution in [0.2, 0.25) is 0 Å². The zero-order chi connectivity index (χ0) is 16.1. The van der Waals surface area contributed by atoms with Crippen LogP contribution in [-0.2, 0) is 0 Å². The highest BCUT2D eigenvalue weighted by molar-refractivity contribution is 8.20. The van der Waals surface area contributed by atoms with Gasteiger partial charge in [0.25, 0.3) is 0 Å². The highest BCUT2D eigenvalue weighted by Crippen LogP contribution is 2.53. The van der Waals surface area contributed by atoms with Crippen molar-refractivity contribution in [3.05, 3.63) is 60.2 Å². The summed E-state index contributed by atoms with van der Waals surface area (Å²) < 4.78 is 11.9. The molecule has 0 aromatic heterocycles. The van der Waals surface area contributed by atoms with Gasteiger partial charge in [-0.2, -0.15) is 0 Å². The van der Waals surface area contributed by atoms with Gasteiger partial charge in [-0.25, -0.2) is 0 Å². The summed E-state index contributed by atoms with van der Waals surface area (Å²) in [5.74, 6) is 1.78. The highest BCUT2D eigenvalue weighted by atomic mass is 32.2. The van der Waals surface area contributed by atoms with Crippen molar-refractivity contribution in [3.8, 4) is 11.5 Å². The van der Waals surface area contributed by atoms with Gasteiger partial charge in [0, 0.05) is 10.5 Å². The summed E-state index contributed by atoms with van der Waals surface area (Å²) in [5.41, 5.74) is 1.38. The Bertz CT molecular complexity index is 591. The number of hydrogen-bond donors (Lipinski definition) is 0. The van der Waals surface area contributed by atoms with Gasteiger partial charge in [0.2, 0.25) is 0 Å². The lowest BCUT2D eigenvalue weighted by atomic mass is 10.2. The molecule has 2 nitrogen and oxygen atoms in total. The van der Waals surface area contributed by atoms with E-state index in [4.69, 9.17) is 9.47 Å². The molecular weight excluding hydrogens is 324 g/mol. The van der Waals surface area contributed by atoms with Crippen molar-refractivity contribution in [2.24, 2.45) is 0 Å². The molecule has 1 saturated heterocycles. The Kier molecular flexibility index (Phi) is 5.79. The van der Waals surface area contributed by atoms with Gasteiger partial charge in [-0.3, -0.25) is 0 Å². The quantitative estimate of drug-likeness (QED) is 0.652. The second-order valence-electron chi connectivity index (χ2n) is 5.59. The molecule has 0 radical (unpaired) electrons. The number of ether oxygens (including phenoxy) is 2. The predicted molar refractivity (Wildman–Crippen MR) is 101 cm³/mol. The fourth-order valence-electron chi connectivity index (χ4n) is 2.36. The first-order valence-corrected chi connectivity index (χ1v) is 9.82. The van der Waals surface area contributed by atoms with Crippen LogP contribution in [0, 0.1) is 0 Å². The minimum atomic E-state index is 0.551. The van der Waals surface area contributed by atoms with E-state index in [-0.39, 0.29) is 0 Å². The second kappa shape index (κ2) is 8.02. The Morgan fingerprint density at radius 3 is 1.83 bits per heavy atom. The molecule has 0 amide bonds. The van der Waals surface area contributed by atoms with E-state index in [9.17, 15) is 0 Å². The molecule has 1 heterocycles. The third-order valence-electron chi connectivity index (χ3n) is 3.85. The Morgan fingerprint density at radius 1 is 0.739 bits per heavy atom. The highest BCUT2D eigenvalue weighted by Gasteiger charge is 2.30. The molecule has 2 aromatic rings. The van der Waals surface area contributed by atoms with E-state index in [1.165, 1.54) is 5.56 Å². The van der Waals surface area contributed by atoms with Crippen LogP contribution in [0.4, 0.5) is 0 Å². The minimum Gasteiger partial charge on any atom is -0.490 e. The summed E-state index contributed by atoms with van der Waals surface area (Å²) >= 11 is 4.11. The van der Waals surface area contributed by atoms with Crippen LogP contribution in [0.15, 0.2) is 54.6 Å². The average molecular weight is 347 g/mol. The first kappa shape index (κ1) is 16.6. The number of hydrogen-bond acceptors (Lipinski definition) is 4. The standard InChI is InChI=1S/C19H22O2S2/c1-14-15(2)23-19(22-14)16-8-10-18(11-9-16)21-13-12-20-17-6-4-3-5-7-17/h3-11,14-15,19H,12-13H2,1-2H3. The molecular formula is C19H22O2S2. The molecule has 2 atom stereocenters. The fourth-order valence-corrected chi connectivity index (χ4v) is 5.90.